The minimum absolute atomic E-state index is 0.0104. The molecule has 0 aliphatic rings. The van der Waals surface area contributed by atoms with Crippen LogP contribution in [0.4, 0.5) is 0 Å². The fourth-order valence-electron chi connectivity index (χ4n) is 3.35. The molecule has 0 spiro atoms. The average Bonchev–Trinajstić information content (AvgIpc) is 2.86. The summed E-state index contributed by atoms with van der Waals surface area (Å²) in [5.41, 5.74) is 4.02. The van der Waals surface area contributed by atoms with E-state index >= 15 is 0 Å². The van der Waals surface area contributed by atoms with Crippen LogP contribution in [0, 0.1) is 0 Å². The lowest BCUT2D eigenvalue weighted by Crippen LogP contribution is -2.52. The van der Waals surface area contributed by atoms with E-state index in [0.29, 0.717) is 5.39 Å². The van der Waals surface area contributed by atoms with Gasteiger partial charge in [0.1, 0.15) is 17.4 Å². The molecule has 2 aromatic carbocycles. The fraction of sp³-hybridized carbons (Fsp3) is 0.130. The smallest absolute Gasteiger partial charge is 0.336 e. The number of aromatic amines is 2. The Morgan fingerprint density at radius 1 is 0.944 bits per heavy atom. The lowest BCUT2D eigenvalue weighted by atomic mass is 10.1. The molecule has 0 fully saturated rings. The fourth-order valence-corrected chi connectivity index (χ4v) is 3.35. The van der Waals surface area contributed by atoms with Gasteiger partial charge in [0.05, 0.1) is 10.8 Å². The third-order valence-corrected chi connectivity index (χ3v) is 5.17. The van der Waals surface area contributed by atoms with Crippen LogP contribution in [-0.2, 0) is 9.59 Å². The second-order valence-corrected chi connectivity index (χ2v) is 7.64. The molecule has 4 rings (SSSR count). The van der Waals surface area contributed by atoms with Crippen molar-refractivity contribution in [1.29, 1.82) is 0 Å². The molecule has 0 saturated heterocycles. The lowest BCUT2D eigenvalue weighted by molar-refractivity contribution is -0.128. The number of hydrogen-bond acceptors (Lipinski definition) is 8. The molecule has 0 aliphatic heterocycles. The van der Waals surface area contributed by atoms with Crippen LogP contribution in [-0.4, -0.2) is 47.1 Å². The van der Waals surface area contributed by atoms with Crippen LogP contribution >= 0.6 is 0 Å². The first-order valence-electron chi connectivity index (χ1n) is 10.5. The molecule has 4 aromatic rings. The second-order valence-electron chi connectivity index (χ2n) is 7.64. The minimum atomic E-state index is -1.26. The highest BCUT2D eigenvalue weighted by Crippen LogP contribution is 2.19. The molecule has 13 nitrogen and oxygen atoms in total. The zero-order valence-electron chi connectivity index (χ0n) is 18.5. The quantitative estimate of drug-likeness (QED) is 0.194. The van der Waals surface area contributed by atoms with E-state index in [2.05, 4.69) is 20.8 Å². The van der Waals surface area contributed by atoms with Gasteiger partial charge in [-0.05, 0) is 36.4 Å². The first kappa shape index (κ1) is 23.9. The molecule has 0 saturated carbocycles. The van der Waals surface area contributed by atoms with E-state index in [1.54, 1.807) is 18.2 Å². The van der Waals surface area contributed by atoms with Crippen LogP contribution in [0.1, 0.15) is 10.4 Å². The van der Waals surface area contributed by atoms with Crippen LogP contribution in [0.2, 0.25) is 0 Å². The van der Waals surface area contributed by atoms with E-state index in [9.17, 15) is 28.8 Å². The monoisotopic (exact) mass is 493 g/mol. The highest BCUT2D eigenvalue weighted by atomic mass is 16.5. The summed E-state index contributed by atoms with van der Waals surface area (Å²) in [5.74, 6) is -2.01. The highest BCUT2D eigenvalue weighted by molar-refractivity contribution is 5.98. The van der Waals surface area contributed by atoms with Gasteiger partial charge < -0.3 is 25.5 Å². The van der Waals surface area contributed by atoms with Crippen molar-refractivity contribution in [3.05, 3.63) is 85.2 Å². The van der Waals surface area contributed by atoms with Crippen LogP contribution in [0.15, 0.2) is 67.3 Å². The van der Waals surface area contributed by atoms with E-state index in [4.69, 9.17) is 14.9 Å². The number of hydrogen-bond donors (Lipinski definition) is 5. The van der Waals surface area contributed by atoms with Gasteiger partial charge in [-0.3, -0.25) is 34.2 Å². The van der Waals surface area contributed by atoms with E-state index in [-0.39, 0.29) is 34.2 Å². The molecular weight excluding hydrogens is 474 g/mol. The zero-order chi connectivity index (χ0) is 25.8. The lowest BCUT2D eigenvalue weighted by Gasteiger charge is -2.16. The molecule has 0 unspecified atom stereocenters. The summed E-state index contributed by atoms with van der Waals surface area (Å²) in [4.78, 5) is 71.6. The molecular formula is C23H19N5O8. The molecule has 13 heteroatoms. The standard InChI is InChI=1S/C23H19N5O8/c24-20(31)16(9-25-21(32)12-2-5-14-15(7-12)23(34)28-27-22(14)33)26-18(29)10-35-13-4-1-11-3-6-19(30)36-17(11)8-13/h1-8,16H,9-10H2,(H2,24,31)(H,25,32)(H,26,29)(H,27,33)(H,28,34)/t16-/m0/s1. The summed E-state index contributed by atoms with van der Waals surface area (Å²) in [5, 5.41) is 9.93. The molecule has 1 atom stereocenters. The van der Waals surface area contributed by atoms with Crippen LogP contribution in [0.3, 0.4) is 0 Å². The molecule has 2 aromatic heterocycles. The van der Waals surface area contributed by atoms with Gasteiger partial charge in [0.15, 0.2) is 6.61 Å². The Hall–Kier alpha value is -5.20. The summed E-state index contributed by atoms with van der Waals surface area (Å²) in [6.07, 6.45) is 0. The largest absolute Gasteiger partial charge is 0.484 e. The molecule has 0 radical (unpaired) electrons. The number of ether oxygens (including phenoxy) is 1. The number of rotatable bonds is 8. The number of benzene rings is 2. The number of amides is 3. The normalized spacial score (nSPS) is 11.7. The van der Waals surface area contributed by atoms with Crippen LogP contribution in [0.25, 0.3) is 21.7 Å². The predicted molar refractivity (Wildman–Crippen MR) is 127 cm³/mol. The number of primary amides is 1. The van der Waals surface area contributed by atoms with Gasteiger partial charge in [-0.2, -0.15) is 0 Å². The van der Waals surface area contributed by atoms with E-state index in [1.807, 2.05) is 0 Å². The maximum Gasteiger partial charge on any atom is 0.336 e. The van der Waals surface area contributed by atoms with Crippen molar-refractivity contribution in [2.45, 2.75) is 6.04 Å². The first-order chi connectivity index (χ1) is 17.2. The first-order valence-corrected chi connectivity index (χ1v) is 10.5. The van der Waals surface area contributed by atoms with Crippen molar-refractivity contribution in [1.82, 2.24) is 20.8 Å². The average molecular weight is 493 g/mol. The van der Waals surface area contributed by atoms with Gasteiger partial charge in [0.2, 0.25) is 5.91 Å². The van der Waals surface area contributed by atoms with Gasteiger partial charge in [0, 0.05) is 29.6 Å². The van der Waals surface area contributed by atoms with E-state index < -0.39 is 47.1 Å². The molecule has 0 bridgehead atoms. The summed E-state index contributed by atoms with van der Waals surface area (Å²) >= 11 is 0. The third kappa shape index (κ3) is 5.30. The number of carbonyl (C=O) groups is 3. The topological polar surface area (TPSA) is 206 Å². The Morgan fingerprint density at radius 3 is 2.42 bits per heavy atom. The Bertz CT molecular complexity index is 1670. The predicted octanol–water partition coefficient (Wildman–Crippen LogP) is -0.898. The van der Waals surface area contributed by atoms with E-state index in [0.717, 1.165) is 0 Å². The van der Waals surface area contributed by atoms with Crippen molar-refractivity contribution in [2.75, 3.05) is 13.2 Å². The minimum Gasteiger partial charge on any atom is -0.484 e. The SMILES string of the molecule is NC(=O)[C@H](CNC(=O)c1ccc2c(=O)[nH][nH]c(=O)c2c1)NC(=O)COc1ccc2ccc(=O)oc2c1. The zero-order valence-corrected chi connectivity index (χ0v) is 18.5. The molecule has 184 valence electrons. The van der Waals surface area contributed by atoms with Crippen LogP contribution in [0.5, 0.6) is 5.75 Å². The van der Waals surface area contributed by atoms with Crippen molar-refractivity contribution < 1.29 is 23.5 Å². The van der Waals surface area contributed by atoms with Gasteiger partial charge in [0.25, 0.3) is 22.9 Å². The highest BCUT2D eigenvalue weighted by Gasteiger charge is 2.20. The number of H-pyrrole nitrogens is 2. The Kier molecular flexibility index (Phi) is 6.63. The maximum absolute atomic E-state index is 12.5. The summed E-state index contributed by atoms with van der Waals surface area (Å²) in [6.45, 7) is -0.826. The maximum atomic E-state index is 12.5. The Labute approximate surface area is 200 Å². The van der Waals surface area contributed by atoms with Crippen molar-refractivity contribution in [2.24, 2.45) is 5.73 Å². The van der Waals surface area contributed by atoms with Gasteiger partial charge in [-0.15, -0.1) is 0 Å². The van der Waals surface area contributed by atoms with Crippen molar-refractivity contribution in [3.63, 3.8) is 0 Å². The van der Waals surface area contributed by atoms with Crippen LogP contribution < -0.4 is 37.8 Å². The number of nitrogens with one attached hydrogen (secondary N) is 4. The second kappa shape index (κ2) is 9.97. The Morgan fingerprint density at radius 2 is 1.67 bits per heavy atom. The third-order valence-electron chi connectivity index (χ3n) is 5.17. The molecule has 3 amide bonds. The molecule has 6 N–H and O–H groups in total. The van der Waals surface area contributed by atoms with E-state index in [1.165, 1.54) is 30.3 Å². The van der Waals surface area contributed by atoms with Gasteiger partial charge >= 0.3 is 5.63 Å². The van der Waals surface area contributed by atoms with Gasteiger partial charge in [-0.25, -0.2) is 4.79 Å². The molecule has 2 heterocycles. The summed E-state index contributed by atoms with van der Waals surface area (Å²) in [7, 11) is 0. The summed E-state index contributed by atoms with van der Waals surface area (Å²) < 4.78 is 10.4. The number of fused-ring (bicyclic) bond motifs is 2. The number of aromatic nitrogens is 2. The van der Waals surface area contributed by atoms with Gasteiger partial charge in [-0.1, -0.05) is 0 Å². The molecule has 0 aliphatic carbocycles. The summed E-state index contributed by atoms with van der Waals surface area (Å²) in [6, 6.07) is 10.2. The Balaban J connectivity index is 1.36. The number of carbonyl (C=O) groups excluding carboxylic acids is 3. The van der Waals surface area contributed by atoms with Crippen molar-refractivity contribution in [3.8, 4) is 5.75 Å². The number of nitrogens with two attached hydrogens (primary N) is 1. The van der Waals surface area contributed by atoms with Crippen molar-refractivity contribution >= 4 is 39.5 Å². The molecule has 36 heavy (non-hydrogen) atoms.